The number of nitriles is 1. The Morgan fingerprint density at radius 3 is 2.04 bits per heavy atom. The molecule has 2 amide bonds. The van der Waals surface area contributed by atoms with Crippen LogP contribution < -0.4 is 9.64 Å². The van der Waals surface area contributed by atoms with Crippen molar-refractivity contribution in [3.8, 4) is 17.6 Å². The largest absolute Gasteiger partial charge is 0.450 e. The molecule has 0 saturated carbocycles. The SMILES string of the molecule is Cc1ccc(S(=O)(=O)n2cc(CCCC#N)c3c(Oc4c(F)cc(N(C(=O)OC(C)(C)C)C(=O)OC(C)(C)C)cc4F)ccnc32)cc1. The first-order valence-corrected chi connectivity index (χ1v) is 16.4. The Morgan fingerprint density at radius 2 is 1.52 bits per heavy atom. The monoisotopic (exact) mass is 682 g/mol. The summed E-state index contributed by atoms with van der Waals surface area (Å²) in [4.78, 5) is 30.7. The summed E-state index contributed by atoms with van der Waals surface area (Å²) in [6.45, 7) is 11.1. The van der Waals surface area contributed by atoms with Gasteiger partial charge in [-0.15, -0.1) is 0 Å². The molecule has 0 atom stereocenters. The minimum absolute atomic E-state index is 0.00565. The van der Waals surface area contributed by atoms with E-state index >= 15 is 8.78 Å². The average Bonchev–Trinajstić information content (AvgIpc) is 3.34. The number of benzene rings is 2. The molecular weight excluding hydrogens is 646 g/mol. The van der Waals surface area contributed by atoms with E-state index in [0.29, 0.717) is 29.0 Å². The quantitative estimate of drug-likeness (QED) is 0.168. The van der Waals surface area contributed by atoms with E-state index in [2.05, 4.69) is 4.98 Å². The average molecular weight is 683 g/mol. The number of halogens is 2. The molecular formula is C34H36F2N4O7S. The molecule has 2 aromatic heterocycles. The van der Waals surface area contributed by atoms with Gasteiger partial charge < -0.3 is 14.2 Å². The van der Waals surface area contributed by atoms with Crippen molar-refractivity contribution in [2.24, 2.45) is 0 Å². The number of hydrogen-bond acceptors (Lipinski definition) is 9. The van der Waals surface area contributed by atoms with Gasteiger partial charge in [-0.2, -0.15) is 10.2 Å². The summed E-state index contributed by atoms with van der Waals surface area (Å²) in [6.07, 6.45) is 0.895. The van der Waals surface area contributed by atoms with E-state index in [1.165, 1.54) is 30.6 Å². The van der Waals surface area contributed by atoms with E-state index in [0.717, 1.165) is 9.54 Å². The Hall–Kier alpha value is -5.03. The van der Waals surface area contributed by atoms with E-state index in [4.69, 9.17) is 19.5 Å². The number of rotatable bonds is 8. The maximum atomic E-state index is 15.7. The maximum absolute atomic E-state index is 15.7. The van der Waals surface area contributed by atoms with E-state index < -0.39 is 56.5 Å². The molecule has 0 radical (unpaired) electrons. The third-order valence-corrected chi connectivity index (χ3v) is 8.28. The topological polar surface area (TPSA) is 141 Å². The van der Waals surface area contributed by atoms with Gasteiger partial charge in [-0.05, 0) is 85.1 Å². The Morgan fingerprint density at radius 1 is 0.958 bits per heavy atom. The third kappa shape index (κ3) is 8.09. The number of carbonyl (C=O) groups is 2. The molecule has 0 bridgehead atoms. The summed E-state index contributed by atoms with van der Waals surface area (Å²) in [5, 5.41) is 9.25. The van der Waals surface area contributed by atoms with E-state index in [1.807, 2.05) is 13.0 Å². The highest BCUT2D eigenvalue weighted by atomic mass is 32.2. The zero-order valence-electron chi connectivity index (χ0n) is 27.6. The number of anilines is 1. The fourth-order valence-electron chi connectivity index (χ4n) is 4.59. The number of fused-ring (bicyclic) bond motifs is 1. The number of hydrogen-bond donors (Lipinski definition) is 0. The predicted octanol–water partition coefficient (Wildman–Crippen LogP) is 8.18. The highest BCUT2D eigenvalue weighted by Gasteiger charge is 2.34. The first kappa shape index (κ1) is 35.8. The number of nitrogens with zero attached hydrogens (tertiary/aromatic N) is 4. The fraction of sp³-hybridized carbons (Fsp3) is 0.353. The van der Waals surface area contributed by atoms with Crippen molar-refractivity contribution in [3.05, 3.63) is 77.6 Å². The summed E-state index contributed by atoms with van der Waals surface area (Å²) < 4.78 is 76.1. The van der Waals surface area contributed by atoms with Gasteiger partial charge in [-0.1, -0.05) is 17.7 Å². The molecule has 2 aromatic carbocycles. The van der Waals surface area contributed by atoms with Crippen LogP contribution in [0.3, 0.4) is 0 Å². The second-order valence-electron chi connectivity index (χ2n) is 12.9. The highest BCUT2D eigenvalue weighted by molar-refractivity contribution is 7.90. The highest BCUT2D eigenvalue weighted by Crippen LogP contribution is 2.38. The van der Waals surface area contributed by atoms with Gasteiger partial charge in [0.25, 0.3) is 10.0 Å². The van der Waals surface area contributed by atoms with Gasteiger partial charge in [0.15, 0.2) is 23.0 Å². The lowest BCUT2D eigenvalue weighted by Crippen LogP contribution is -2.43. The number of aromatic nitrogens is 2. The van der Waals surface area contributed by atoms with Crippen molar-refractivity contribution in [3.63, 3.8) is 0 Å². The van der Waals surface area contributed by atoms with Crippen molar-refractivity contribution < 1.29 is 41.0 Å². The second-order valence-corrected chi connectivity index (χ2v) is 14.7. The molecule has 2 heterocycles. The van der Waals surface area contributed by atoms with Gasteiger partial charge >= 0.3 is 12.2 Å². The summed E-state index contributed by atoms with van der Waals surface area (Å²) in [6, 6.07) is 11.0. The maximum Gasteiger partial charge on any atom is 0.424 e. The molecule has 0 unspecified atom stereocenters. The predicted molar refractivity (Wildman–Crippen MR) is 173 cm³/mol. The minimum atomic E-state index is -4.16. The molecule has 0 aliphatic heterocycles. The lowest BCUT2D eigenvalue weighted by molar-refractivity contribution is 0.0430. The molecule has 11 nitrogen and oxygen atoms in total. The van der Waals surface area contributed by atoms with Crippen LogP contribution in [-0.2, 0) is 25.9 Å². The zero-order valence-corrected chi connectivity index (χ0v) is 28.4. The molecule has 0 aliphatic carbocycles. The summed E-state index contributed by atoms with van der Waals surface area (Å²) in [5.41, 5.74) is -1.42. The number of aryl methyl sites for hydroxylation is 2. The Labute approximate surface area is 277 Å². The number of unbranched alkanes of at least 4 members (excludes halogenated alkanes) is 1. The second kappa shape index (κ2) is 13.6. The normalized spacial score (nSPS) is 12.0. The van der Waals surface area contributed by atoms with E-state index in [1.54, 1.807) is 53.7 Å². The van der Waals surface area contributed by atoms with Crippen LogP contribution in [0.5, 0.6) is 11.5 Å². The van der Waals surface area contributed by atoms with E-state index in [9.17, 15) is 18.0 Å². The third-order valence-electron chi connectivity index (χ3n) is 6.61. The molecule has 48 heavy (non-hydrogen) atoms. The molecule has 0 saturated heterocycles. The first-order chi connectivity index (χ1) is 22.3. The van der Waals surface area contributed by atoms with Gasteiger partial charge in [0, 0.05) is 30.9 Å². The van der Waals surface area contributed by atoms with Crippen LogP contribution in [0.1, 0.15) is 65.5 Å². The van der Waals surface area contributed by atoms with E-state index in [-0.39, 0.29) is 34.5 Å². The Kier molecular flexibility index (Phi) is 10.1. The van der Waals surface area contributed by atoms with Gasteiger partial charge in [0.2, 0.25) is 0 Å². The van der Waals surface area contributed by atoms with Gasteiger partial charge in [-0.3, -0.25) is 0 Å². The molecule has 254 valence electrons. The smallest absolute Gasteiger partial charge is 0.424 e. The lowest BCUT2D eigenvalue weighted by Gasteiger charge is -2.28. The van der Waals surface area contributed by atoms with Crippen LogP contribution in [0, 0.1) is 29.9 Å². The molecule has 0 fully saturated rings. The van der Waals surface area contributed by atoms with Crippen LogP contribution in [0.2, 0.25) is 0 Å². The zero-order chi connectivity index (χ0) is 35.6. The van der Waals surface area contributed by atoms with Crippen LogP contribution in [0.4, 0.5) is 24.1 Å². The minimum Gasteiger partial charge on any atom is -0.450 e. The lowest BCUT2D eigenvalue weighted by atomic mass is 10.1. The van der Waals surface area contributed by atoms with Crippen LogP contribution in [-0.4, -0.2) is 40.8 Å². The number of ether oxygens (including phenoxy) is 3. The van der Waals surface area contributed by atoms with Crippen LogP contribution in [0.25, 0.3) is 11.0 Å². The fourth-order valence-corrected chi connectivity index (χ4v) is 5.93. The van der Waals surface area contributed by atoms with Crippen molar-refractivity contribution in [1.29, 1.82) is 5.26 Å². The number of imide groups is 1. The van der Waals surface area contributed by atoms with Crippen LogP contribution >= 0.6 is 0 Å². The van der Waals surface area contributed by atoms with Gasteiger partial charge in [0.05, 0.1) is 22.0 Å². The number of amides is 2. The molecule has 14 heteroatoms. The standard InChI is InChI=1S/C34H36F2N4O7S/c1-21-11-13-24(14-12-21)48(43,44)39-20-22(10-8-9-16-37)28-27(15-17-38-30(28)39)45-29-25(35)18-23(19-26(29)36)40(31(41)46-33(2,3)4)32(42)47-34(5,6)7/h11-15,17-20H,8-10H2,1-7H3. The van der Waals surface area contributed by atoms with Crippen molar-refractivity contribution in [1.82, 2.24) is 8.96 Å². The van der Waals surface area contributed by atoms with Crippen LogP contribution in [0.15, 0.2) is 59.8 Å². The van der Waals surface area contributed by atoms with Crippen molar-refractivity contribution in [2.75, 3.05) is 4.90 Å². The molecule has 0 aliphatic rings. The molecule has 4 aromatic rings. The van der Waals surface area contributed by atoms with Gasteiger partial charge in [-0.25, -0.2) is 35.7 Å². The van der Waals surface area contributed by atoms with Gasteiger partial charge in [0.1, 0.15) is 17.0 Å². The molecule has 4 rings (SSSR count). The Balaban J connectivity index is 1.82. The first-order valence-electron chi connectivity index (χ1n) is 14.9. The summed E-state index contributed by atoms with van der Waals surface area (Å²) in [7, 11) is -4.16. The number of carbonyl (C=O) groups excluding carboxylic acids is 2. The molecule has 0 N–H and O–H groups in total. The Bertz CT molecular complexity index is 1960. The summed E-state index contributed by atoms with van der Waals surface area (Å²) in [5.74, 6) is -3.59. The van der Waals surface area contributed by atoms with Crippen molar-refractivity contribution >= 4 is 38.9 Å². The number of pyridine rings is 1. The van der Waals surface area contributed by atoms with Crippen molar-refractivity contribution in [2.45, 2.75) is 83.8 Å². The molecule has 0 spiro atoms. The summed E-state index contributed by atoms with van der Waals surface area (Å²) >= 11 is 0.